The molecule has 18 heavy (non-hydrogen) atoms. The van der Waals surface area contributed by atoms with E-state index in [1.807, 2.05) is 0 Å². The van der Waals surface area contributed by atoms with E-state index >= 15 is 0 Å². The molecule has 0 saturated carbocycles. The minimum absolute atomic E-state index is 0.445. The van der Waals surface area contributed by atoms with E-state index in [2.05, 4.69) is 40.5 Å². The van der Waals surface area contributed by atoms with Gasteiger partial charge in [0.15, 0.2) is 0 Å². The number of benzene rings is 1. The summed E-state index contributed by atoms with van der Waals surface area (Å²) in [5.41, 5.74) is 1.39. The summed E-state index contributed by atoms with van der Waals surface area (Å²) in [6.45, 7) is 6.35. The molecule has 98 valence electrons. The van der Waals surface area contributed by atoms with Crippen LogP contribution in [0.25, 0.3) is 0 Å². The first-order chi connectivity index (χ1) is 8.93. The van der Waals surface area contributed by atoms with Crippen molar-refractivity contribution < 1.29 is 4.74 Å². The normalized spacial score (nSPS) is 29.6. The third-order valence-corrected chi connectivity index (χ3v) is 4.08. The van der Waals surface area contributed by atoms with Crippen LogP contribution in [0.15, 0.2) is 30.3 Å². The predicted octanol–water partition coefficient (Wildman–Crippen LogP) is 1.67. The van der Waals surface area contributed by atoms with Gasteiger partial charge in [-0.25, -0.2) is 0 Å². The van der Waals surface area contributed by atoms with Gasteiger partial charge in [0.25, 0.3) is 0 Å². The van der Waals surface area contributed by atoms with Gasteiger partial charge < -0.3 is 10.1 Å². The Morgan fingerprint density at radius 3 is 2.94 bits per heavy atom. The zero-order valence-electron chi connectivity index (χ0n) is 10.8. The molecule has 2 aliphatic rings. The van der Waals surface area contributed by atoms with Gasteiger partial charge in [0, 0.05) is 13.1 Å². The first kappa shape index (κ1) is 12.2. The van der Waals surface area contributed by atoms with Crippen molar-refractivity contribution in [2.75, 3.05) is 39.4 Å². The number of ether oxygens (including phenoxy) is 1. The summed E-state index contributed by atoms with van der Waals surface area (Å²) in [4.78, 5) is 2.61. The van der Waals surface area contributed by atoms with Gasteiger partial charge >= 0.3 is 0 Å². The second-order valence-electron chi connectivity index (χ2n) is 5.36. The average Bonchev–Trinajstić information content (AvgIpc) is 2.93. The fraction of sp³-hybridized carbons (Fsp3) is 0.600. The van der Waals surface area contributed by atoms with Gasteiger partial charge in [0.1, 0.15) is 0 Å². The molecule has 0 aliphatic carbocycles. The minimum atomic E-state index is 0.445. The molecule has 3 nitrogen and oxygen atoms in total. The van der Waals surface area contributed by atoms with Crippen LogP contribution in [0, 0.1) is 5.92 Å². The number of hydrogen-bond donors (Lipinski definition) is 1. The van der Waals surface area contributed by atoms with E-state index in [-0.39, 0.29) is 0 Å². The molecular formula is C15H22N2O. The second-order valence-corrected chi connectivity index (χ2v) is 5.36. The molecule has 3 rings (SSSR count). The van der Waals surface area contributed by atoms with Crippen molar-refractivity contribution in [2.45, 2.75) is 12.5 Å². The molecule has 1 aromatic carbocycles. The predicted molar refractivity (Wildman–Crippen MR) is 72.6 cm³/mol. The van der Waals surface area contributed by atoms with Crippen LogP contribution in [0.3, 0.4) is 0 Å². The maximum atomic E-state index is 5.67. The fourth-order valence-corrected chi connectivity index (χ4v) is 3.04. The lowest BCUT2D eigenvalue weighted by molar-refractivity contribution is -0.0143. The van der Waals surface area contributed by atoms with Crippen molar-refractivity contribution in [1.82, 2.24) is 10.2 Å². The quantitative estimate of drug-likeness (QED) is 0.878. The van der Waals surface area contributed by atoms with E-state index in [4.69, 9.17) is 4.74 Å². The lowest BCUT2D eigenvalue weighted by Crippen LogP contribution is -2.42. The largest absolute Gasteiger partial charge is 0.378 e. The van der Waals surface area contributed by atoms with Crippen molar-refractivity contribution in [1.29, 1.82) is 0 Å². The SMILES string of the molecule is c1ccc([C@@H]2COCCN2C[C@@H]2CCNC2)cc1. The lowest BCUT2D eigenvalue weighted by Gasteiger charge is -2.37. The molecule has 0 amide bonds. The number of morpholine rings is 1. The van der Waals surface area contributed by atoms with E-state index < -0.39 is 0 Å². The summed E-state index contributed by atoms with van der Waals surface area (Å²) in [6, 6.07) is 11.2. The Morgan fingerprint density at radius 2 is 2.17 bits per heavy atom. The molecule has 2 aliphatic heterocycles. The zero-order valence-corrected chi connectivity index (χ0v) is 10.8. The number of hydrogen-bond acceptors (Lipinski definition) is 3. The third kappa shape index (κ3) is 2.74. The van der Waals surface area contributed by atoms with E-state index in [9.17, 15) is 0 Å². The molecule has 1 N–H and O–H groups in total. The molecule has 2 atom stereocenters. The summed E-state index contributed by atoms with van der Waals surface area (Å²) in [7, 11) is 0. The Morgan fingerprint density at radius 1 is 1.28 bits per heavy atom. The highest BCUT2D eigenvalue weighted by molar-refractivity contribution is 5.19. The molecule has 0 aromatic heterocycles. The molecule has 1 aromatic rings. The smallest absolute Gasteiger partial charge is 0.0664 e. The fourth-order valence-electron chi connectivity index (χ4n) is 3.04. The Balaban J connectivity index is 1.69. The molecule has 0 radical (unpaired) electrons. The van der Waals surface area contributed by atoms with Crippen molar-refractivity contribution in [3.63, 3.8) is 0 Å². The van der Waals surface area contributed by atoms with Crippen LogP contribution in [0.2, 0.25) is 0 Å². The Labute approximate surface area is 109 Å². The van der Waals surface area contributed by atoms with Crippen LogP contribution in [0.5, 0.6) is 0 Å². The van der Waals surface area contributed by atoms with E-state index in [0.29, 0.717) is 6.04 Å². The zero-order chi connectivity index (χ0) is 12.2. The number of rotatable bonds is 3. The van der Waals surface area contributed by atoms with Gasteiger partial charge in [-0.2, -0.15) is 0 Å². The average molecular weight is 246 g/mol. The van der Waals surface area contributed by atoms with Crippen molar-refractivity contribution in [3.8, 4) is 0 Å². The van der Waals surface area contributed by atoms with Crippen molar-refractivity contribution in [2.24, 2.45) is 5.92 Å². The molecular weight excluding hydrogens is 224 g/mol. The highest BCUT2D eigenvalue weighted by Gasteiger charge is 2.27. The Hall–Kier alpha value is -0.900. The van der Waals surface area contributed by atoms with Crippen LogP contribution < -0.4 is 5.32 Å². The third-order valence-electron chi connectivity index (χ3n) is 4.08. The van der Waals surface area contributed by atoms with Gasteiger partial charge in [0.05, 0.1) is 19.3 Å². The Kier molecular flexibility index (Phi) is 3.93. The molecule has 0 bridgehead atoms. The summed E-state index contributed by atoms with van der Waals surface area (Å²) >= 11 is 0. The standard InChI is InChI=1S/C15H22N2O/c1-2-4-14(5-3-1)15-12-18-9-8-17(15)11-13-6-7-16-10-13/h1-5,13,15-16H,6-12H2/t13-,15+/m1/s1. The maximum absolute atomic E-state index is 5.67. The van der Waals surface area contributed by atoms with Gasteiger partial charge in [-0.15, -0.1) is 0 Å². The first-order valence-electron chi connectivity index (χ1n) is 7.01. The van der Waals surface area contributed by atoms with Crippen LogP contribution in [0.4, 0.5) is 0 Å². The summed E-state index contributed by atoms with van der Waals surface area (Å²) in [5.74, 6) is 0.814. The van der Waals surface area contributed by atoms with Crippen LogP contribution in [0.1, 0.15) is 18.0 Å². The molecule has 2 heterocycles. The second kappa shape index (κ2) is 5.83. The van der Waals surface area contributed by atoms with E-state index in [1.165, 1.54) is 31.6 Å². The van der Waals surface area contributed by atoms with Gasteiger partial charge in [-0.1, -0.05) is 30.3 Å². The highest BCUT2D eigenvalue weighted by atomic mass is 16.5. The van der Waals surface area contributed by atoms with E-state index in [1.54, 1.807) is 0 Å². The minimum Gasteiger partial charge on any atom is -0.378 e. The molecule has 2 fully saturated rings. The number of nitrogens with zero attached hydrogens (tertiary/aromatic N) is 1. The number of nitrogens with one attached hydrogen (secondary N) is 1. The van der Waals surface area contributed by atoms with Crippen LogP contribution in [-0.2, 0) is 4.74 Å². The van der Waals surface area contributed by atoms with E-state index in [0.717, 1.165) is 25.7 Å². The van der Waals surface area contributed by atoms with Gasteiger partial charge in [-0.3, -0.25) is 4.90 Å². The molecule has 3 heteroatoms. The summed E-state index contributed by atoms with van der Waals surface area (Å²) < 4.78 is 5.67. The van der Waals surface area contributed by atoms with Crippen LogP contribution in [-0.4, -0.2) is 44.3 Å². The van der Waals surface area contributed by atoms with Crippen molar-refractivity contribution in [3.05, 3.63) is 35.9 Å². The maximum Gasteiger partial charge on any atom is 0.0664 e. The summed E-state index contributed by atoms with van der Waals surface area (Å²) in [5, 5.41) is 3.46. The Bertz CT molecular complexity index is 362. The summed E-state index contributed by atoms with van der Waals surface area (Å²) in [6.07, 6.45) is 1.32. The molecule has 2 saturated heterocycles. The first-order valence-corrected chi connectivity index (χ1v) is 7.01. The topological polar surface area (TPSA) is 24.5 Å². The van der Waals surface area contributed by atoms with Gasteiger partial charge in [-0.05, 0) is 31.0 Å². The molecule has 0 unspecified atom stereocenters. The lowest BCUT2D eigenvalue weighted by atomic mass is 10.0. The van der Waals surface area contributed by atoms with Crippen molar-refractivity contribution >= 4 is 0 Å². The van der Waals surface area contributed by atoms with Gasteiger partial charge in [0.2, 0.25) is 0 Å². The molecule has 0 spiro atoms. The monoisotopic (exact) mass is 246 g/mol. The van der Waals surface area contributed by atoms with Crippen LogP contribution >= 0.6 is 0 Å². The highest BCUT2D eigenvalue weighted by Crippen LogP contribution is 2.25.